The number of hydrogen-bond acceptors (Lipinski definition) is 5. The first-order valence-electron chi connectivity index (χ1n) is 4.74. The fourth-order valence-corrected chi connectivity index (χ4v) is 2.93. The molecule has 0 saturated carbocycles. The molecule has 86 valence electrons. The van der Waals surface area contributed by atoms with Gasteiger partial charge in [-0.2, -0.15) is 10.2 Å². The number of aromatic nitrogens is 3. The van der Waals surface area contributed by atoms with Gasteiger partial charge in [-0.05, 0) is 12.1 Å². The van der Waals surface area contributed by atoms with Crippen LogP contribution in [0.3, 0.4) is 0 Å². The highest BCUT2D eigenvalue weighted by Crippen LogP contribution is 2.12. The van der Waals surface area contributed by atoms with Crippen molar-refractivity contribution in [1.82, 2.24) is 14.7 Å². The van der Waals surface area contributed by atoms with Gasteiger partial charge in [-0.3, -0.25) is 0 Å². The van der Waals surface area contributed by atoms with Gasteiger partial charge in [0.25, 0.3) is 0 Å². The van der Waals surface area contributed by atoms with E-state index in [0.717, 1.165) is 11.0 Å². The normalized spacial score (nSPS) is 12.2. The van der Waals surface area contributed by atoms with Crippen molar-refractivity contribution in [3.05, 3.63) is 24.3 Å². The summed E-state index contributed by atoms with van der Waals surface area (Å²) >= 11 is 0. The topological polar surface area (TPSA) is 58.4 Å². The van der Waals surface area contributed by atoms with Gasteiger partial charge in [-0.1, -0.05) is 12.1 Å². The van der Waals surface area contributed by atoms with Gasteiger partial charge in [-0.15, -0.1) is 4.46 Å². The van der Waals surface area contributed by atoms with E-state index in [0.29, 0.717) is 0 Å². The molecule has 0 aliphatic heterocycles. The molecular formula is C9H13N3O3Si. The molecule has 2 aromatic rings. The van der Waals surface area contributed by atoms with Crippen LogP contribution >= 0.6 is 0 Å². The summed E-state index contributed by atoms with van der Waals surface area (Å²) < 4.78 is 17.3. The Morgan fingerprint density at radius 1 is 0.938 bits per heavy atom. The lowest BCUT2D eigenvalue weighted by Crippen LogP contribution is -2.52. The van der Waals surface area contributed by atoms with Crippen molar-refractivity contribution in [3.8, 4) is 0 Å². The van der Waals surface area contributed by atoms with E-state index in [9.17, 15) is 0 Å². The highest BCUT2D eigenvalue weighted by molar-refractivity contribution is 6.58. The Kier molecular flexibility index (Phi) is 3.01. The molecule has 0 saturated heterocycles. The van der Waals surface area contributed by atoms with E-state index in [1.165, 1.54) is 25.8 Å². The fraction of sp³-hybridized carbons (Fsp3) is 0.333. The Labute approximate surface area is 94.2 Å². The number of benzene rings is 1. The Morgan fingerprint density at radius 2 is 1.38 bits per heavy atom. The van der Waals surface area contributed by atoms with Crippen molar-refractivity contribution in [2.24, 2.45) is 0 Å². The van der Waals surface area contributed by atoms with Crippen molar-refractivity contribution in [3.63, 3.8) is 0 Å². The molecule has 0 atom stereocenters. The van der Waals surface area contributed by atoms with Gasteiger partial charge in [0.1, 0.15) is 11.0 Å². The lowest BCUT2D eigenvalue weighted by molar-refractivity contribution is 0.103. The van der Waals surface area contributed by atoms with E-state index in [1.54, 1.807) is 0 Å². The smallest absolute Gasteiger partial charge is 0.358 e. The molecule has 0 bridgehead atoms. The predicted molar refractivity (Wildman–Crippen MR) is 59.7 cm³/mol. The van der Waals surface area contributed by atoms with Gasteiger partial charge in [0, 0.05) is 21.3 Å². The molecule has 0 aliphatic carbocycles. The van der Waals surface area contributed by atoms with Gasteiger partial charge in [0.2, 0.25) is 0 Å². The van der Waals surface area contributed by atoms with Crippen molar-refractivity contribution >= 4 is 20.0 Å². The van der Waals surface area contributed by atoms with Crippen molar-refractivity contribution < 1.29 is 13.3 Å². The maximum absolute atomic E-state index is 5.28. The number of fused-ring (bicyclic) bond motifs is 1. The molecule has 0 amide bonds. The van der Waals surface area contributed by atoms with Crippen LogP contribution in [0.4, 0.5) is 0 Å². The van der Waals surface area contributed by atoms with Crippen LogP contribution in [-0.2, 0) is 13.3 Å². The summed E-state index contributed by atoms with van der Waals surface area (Å²) in [5, 5.41) is 8.58. The minimum atomic E-state index is -2.98. The van der Waals surface area contributed by atoms with Crippen LogP contribution in [0.1, 0.15) is 0 Å². The Balaban J connectivity index is 2.53. The average molecular weight is 239 g/mol. The molecule has 0 unspecified atom stereocenters. The first-order chi connectivity index (χ1) is 7.75. The van der Waals surface area contributed by atoms with E-state index < -0.39 is 8.97 Å². The third-order valence-corrected chi connectivity index (χ3v) is 4.54. The molecule has 1 aromatic heterocycles. The molecule has 2 rings (SSSR count). The van der Waals surface area contributed by atoms with Crippen LogP contribution < -0.4 is 0 Å². The van der Waals surface area contributed by atoms with Crippen molar-refractivity contribution in [2.75, 3.05) is 21.3 Å². The van der Waals surface area contributed by atoms with Gasteiger partial charge < -0.3 is 13.3 Å². The van der Waals surface area contributed by atoms with Gasteiger partial charge >= 0.3 is 8.97 Å². The van der Waals surface area contributed by atoms with E-state index in [-0.39, 0.29) is 0 Å². The Bertz CT molecular complexity index is 442. The molecular weight excluding hydrogens is 226 g/mol. The second-order valence-corrected chi connectivity index (χ2v) is 5.79. The summed E-state index contributed by atoms with van der Waals surface area (Å²) in [5.41, 5.74) is 1.57. The van der Waals surface area contributed by atoms with Crippen LogP contribution in [0, 0.1) is 0 Å². The van der Waals surface area contributed by atoms with Crippen LogP contribution in [0.5, 0.6) is 0 Å². The van der Waals surface area contributed by atoms with Gasteiger partial charge in [0.05, 0.1) is 0 Å². The Hall–Kier alpha value is -1.28. The summed E-state index contributed by atoms with van der Waals surface area (Å²) in [6, 6.07) is 7.55. The summed E-state index contributed by atoms with van der Waals surface area (Å²) in [4.78, 5) is 0. The van der Waals surface area contributed by atoms with Crippen LogP contribution in [0.15, 0.2) is 24.3 Å². The lowest BCUT2D eigenvalue weighted by Gasteiger charge is -2.21. The summed E-state index contributed by atoms with van der Waals surface area (Å²) in [6.45, 7) is 0. The minimum absolute atomic E-state index is 0.783. The van der Waals surface area contributed by atoms with E-state index in [2.05, 4.69) is 10.2 Å². The van der Waals surface area contributed by atoms with Crippen LogP contribution in [-0.4, -0.2) is 45.0 Å². The highest BCUT2D eigenvalue weighted by Gasteiger charge is 2.45. The summed E-state index contributed by atoms with van der Waals surface area (Å²) in [7, 11) is 1.58. The number of hydrogen-bond donors (Lipinski definition) is 0. The average Bonchev–Trinajstić information content (AvgIpc) is 2.76. The largest absolute Gasteiger partial charge is 0.671 e. The molecule has 6 nitrogen and oxygen atoms in total. The zero-order valence-corrected chi connectivity index (χ0v) is 10.4. The third-order valence-electron chi connectivity index (χ3n) is 2.31. The van der Waals surface area contributed by atoms with E-state index in [1.807, 2.05) is 24.3 Å². The second kappa shape index (κ2) is 4.30. The molecule has 16 heavy (non-hydrogen) atoms. The number of nitrogens with zero attached hydrogens (tertiary/aromatic N) is 3. The molecule has 1 heterocycles. The maximum atomic E-state index is 5.28. The molecule has 0 aliphatic rings. The first-order valence-corrected chi connectivity index (χ1v) is 6.41. The SMILES string of the molecule is CO[Si](OC)(OC)n1nc2ccccc2n1. The molecule has 0 N–H and O–H groups in total. The lowest BCUT2D eigenvalue weighted by atomic mass is 10.3. The van der Waals surface area contributed by atoms with Gasteiger partial charge in [-0.25, -0.2) is 0 Å². The Morgan fingerprint density at radius 3 is 1.75 bits per heavy atom. The number of rotatable bonds is 4. The monoisotopic (exact) mass is 239 g/mol. The third kappa shape index (κ3) is 1.63. The zero-order valence-electron chi connectivity index (χ0n) is 9.38. The molecule has 7 heteroatoms. The van der Waals surface area contributed by atoms with E-state index >= 15 is 0 Å². The van der Waals surface area contributed by atoms with E-state index in [4.69, 9.17) is 13.3 Å². The molecule has 0 fully saturated rings. The van der Waals surface area contributed by atoms with Crippen molar-refractivity contribution in [1.29, 1.82) is 0 Å². The summed E-state index contributed by atoms with van der Waals surface area (Å²) in [5.74, 6) is 0. The van der Waals surface area contributed by atoms with Crippen LogP contribution in [0.25, 0.3) is 11.0 Å². The highest BCUT2D eigenvalue weighted by atomic mass is 28.4. The first kappa shape index (κ1) is 11.2. The maximum Gasteiger partial charge on any atom is 0.671 e. The standard InChI is InChI=1S/C9H13N3O3Si/c1-13-16(14-2,15-3)12-10-8-6-4-5-7-9(8)11-12/h4-7H,1-3H3. The molecule has 0 spiro atoms. The molecule has 1 aromatic carbocycles. The minimum Gasteiger partial charge on any atom is -0.358 e. The van der Waals surface area contributed by atoms with Crippen molar-refractivity contribution in [2.45, 2.75) is 0 Å². The summed E-state index contributed by atoms with van der Waals surface area (Å²) in [6.07, 6.45) is 0. The predicted octanol–water partition coefficient (Wildman–Crippen LogP) is 0.654. The quantitative estimate of drug-likeness (QED) is 0.733. The fourth-order valence-electron chi connectivity index (χ4n) is 1.48. The van der Waals surface area contributed by atoms with Crippen LogP contribution in [0.2, 0.25) is 0 Å². The zero-order chi connectivity index (χ0) is 11.6. The second-order valence-electron chi connectivity index (χ2n) is 3.11. The van der Waals surface area contributed by atoms with Gasteiger partial charge in [0.15, 0.2) is 0 Å². The molecule has 0 radical (unpaired) electrons.